The first-order chi connectivity index (χ1) is 8.09. The normalized spacial score (nSPS) is 29.4. The molecule has 5 heteroatoms. The smallest absolute Gasteiger partial charge is 0.410 e. The summed E-state index contributed by atoms with van der Waals surface area (Å²) in [5.74, 6) is 0.0450. The number of nitrogens with zero attached hydrogens (tertiary/aromatic N) is 2. The van der Waals surface area contributed by atoms with Crippen molar-refractivity contribution in [1.82, 2.24) is 9.80 Å². The third-order valence-corrected chi connectivity index (χ3v) is 3.65. The van der Waals surface area contributed by atoms with E-state index in [0.29, 0.717) is 13.2 Å². The minimum Gasteiger partial charge on any atom is -0.448 e. The standard InChI is InChI=1S/C12H20N2O3/c1-9-4-3-5-10(2)14(9)11(15)8-13-6-7-17-12(13)16/h9-10H,3-8H2,1-2H3. The molecule has 0 aliphatic carbocycles. The molecule has 0 radical (unpaired) electrons. The predicted molar refractivity (Wildman–Crippen MR) is 62.5 cm³/mol. The van der Waals surface area contributed by atoms with Crippen LogP contribution in [-0.4, -0.2) is 53.6 Å². The molecule has 2 atom stereocenters. The molecule has 5 nitrogen and oxygen atoms in total. The molecule has 2 aliphatic rings. The van der Waals surface area contributed by atoms with Gasteiger partial charge in [0.1, 0.15) is 13.2 Å². The number of carbonyl (C=O) groups is 2. The third-order valence-electron chi connectivity index (χ3n) is 3.65. The van der Waals surface area contributed by atoms with E-state index in [4.69, 9.17) is 4.74 Å². The zero-order chi connectivity index (χ0) is 12.4. The number of cyclic esters (lactones) is 1. The van der Waals surface area contributed by atoms with Crippen LogP contribution >= 0.6 is 0 Å². The number of amides is 2. The van der Waals surface area contributed by atoms with Crippen LogP contribution in [0.2, 0.25) is 0 Å². The van der Waals surface area contributed by atoms with E-state index in [1.807, 2.05) is 4.90 Å². The highest BCUT2D eigenvalue weighted by Crippen LogP contribution is 2.22. The van der Waals surface area contributed by atoms with Crippen LogP contribution in [0.4, 0.5) is 4.79 Å². The highest BCUT2D eigenvalue weighted by Gasteiger charge is 2.32. The van der Waals surface area contributed by atoms with Crippen molar-refractivity contribution in [3.63, 3.8) is 0 Å². The first kappa shape index (κ1) is 12.2. The van der Waals surface area contributed by atoms with Gasteiger partial charge in [0.15, 0.2) is 0 Å². The van der Waals surface area contributed by atoms with Crippen molar-refractivity contribution in [2.75, 3.05) is 19.7 Å². The van der Waals surface area contributed by atoms with Gasteiger partial charge in [-0.2, -0.15) is 0 Å². The Morgan fingerprint density at radius 3 is 2.53 bits per heavy atom. The Bertz CT molecular complexity index is 309. The van der Waals surface area contributed by atoms with Crippen LogP contribution < -0.4 is 0 Å². The Kier molecular flexibility index (Phi) is 3.54. The van der Waals surface area contributed by atoms with E-state index in [1.54, 1.807) is 0 Å². The van der Waals surface area contributed by atoms with Crippen LogP contribution in [0.15, 0.2) is 0 Å². The molecule has 0 aromatic heterocycles. The molecule has 2 rings (SSSR count). The van der Waals surface area contributed by atoms with Gasteiger partial charge in [-0.25, -0.2) is 4.79 Å². The fourth-order valence-electron chi connectivity index (χ4n) is 2.73. The Labute approximate surface area is 102 Å². The summed E-state index contributed by atoms with van der Waals surface area (Å²) in [6, 6.07) is 0.565. The molecule has 0 aromatic rings. The summed E-state index contributed by atoms with van der Waals surface area (Å²) in [7, 11) is 0. The molecule has 17 heavy (non-hydrogen) atoms. The van der Waals surface area contributed by atoms with E-state index < -0.39 is 0 Å². The van der Waals surface area contributed by atoms with Gasteiger partial charge in [0.05, 0.1) is 6.54 Å². The molecule has 2 fully saturated rings. The van der Waals surface area contributed by atoms with E-state index in [0.717, 1.165) is 12.8 Å². The molecule has 2 saturated heterocycles. The monoisotopic (exact) mass is 240 g/mol. The fourth-order valence-corrected chi connectivity index (χ4v) is 2.73. The lowest BCUT2D eigenvalue weighted by molar-refractivity contribution is -0.137. The quantitative estimate of drug-likeness (QED) is 0.729. The summed E-state index contributed by atoms with van der Waals surface area (Å²) in [5, 5.41) is 0. The van der Waals surface area contributed by atoms with Gasteiger partial charge in [-0.05, 0) is 33.1 Å². The molecule has 0 N–H and O–H groups in total. The van der Waals surface area contributed by atoms with Crippen LogP contribution in [0.25, 0.3) is 0 Å². The third kappa shape index (κ3) is 2.53. The fraction of sp³-hybridized carbons (Fsp3) is 0.833. The second kappa shape index (κ2) is 4.94. The van der Waals surface area contributed by atoms with Crippen LogP contribution in [0.5, 0.6) is 0 Å². The summed E-state index contributed by atoms with van der Waals surface area (Å²) in [6.45, 7) is 5.25. The lowest BCUT2D eigenvalue weighted by Crippen LogP contribution is -2.51. The molecule has 2 aliphatic heterocycles. The zero-order valence-corrected chi connectivity index (χ0v) is 10.5. The second-order valence-electron chi connectivity index (χ2n) is 4.97. The minimum atomic E-state index is -0.365. The van der Waals surface area contributed by atoms with E-state index in [1.165, 1.54) is 11.3 Å². The Hall–Kier alpha value is -1.26. The van der Waals surface area contributed by atoms with Gasteiger partial charge in [-0.1, -0.05) is 0 Å². The average Bonchev–Trinajstić information content (AvgIpc) is 2.64. The van der Waals surface area contributed by atoms with Gasteiger partial charge in [0.25, 0.3) is 0 Å². The van der Waals surface area contributed by atoms with Crippen molar-refractivity contribution in [3.05, 3.63) is 0 Å². The Morgan fingerprint density at radius 1 is 1.35 bits per heavy atom. The minimum absolute atomic E-state index is 0.0450. The van der Waals surface area contributed by atoms with Crippen LogP contribution in [0, 0.1) is 0 Å². The van der Waals surface area contributed by atoms with E-state index in [2.05, 4.69) is 13.8 Å². The molecule has 2 heterocycles. The molecule has 0 aromatic carbocycles. The summed E-state index contributed by atoms with van der Waals surface area (Å²) in [4.78, 5) is 26.9. The van der Waals surface area contributed by atoms with Gasteiger partial charge in [0, 0.05) is 12.1 Å². The second-order valence-corrected chi connectivity index (χ2v) is 4.97. The highest BCUT2D eigenvalue weighted by molar-refractivity contribution is 5.83. The number of rotatable bonds is 2. The van der Waals surface area contributed by atoms with Crippen molar-refractivity contribution >= 4 is 12.0 Å². The Balaban J connectivity index is 1.96. The van der Waals surface area contributed by atoms with Crippen molar-refractivity contribution in [1.29, 1.82) is 0 Å². The SMILES string of the molecule is CC1CCCC(C)N1C(=O)CN1CCOC1=O. The van der Waals surface area contributed by atoms with Crippen LogP contribution in [-0.2, 0) is 9.53 Å². The lowest BCUT2D eigenvalue weighted by atomic mass is 9.97. The maximum absolute atomic E-state index is 12.2. The van der Waals surface area contributed by atoms with Gasteiger partial charge in [-0.3, -0.25) is 9.69 Å². The summed E-state index contributed by atoms with van der Waals surface area (Å²) in [5.41, 5.74) is 0. The molecule has 2 amide bonds. The van der Waals surface area contributed by atoms with E-state index in [-0.39, 0.29) is 30.6 Å². The van der Waals surface area contributed by atoms with Gasteiger partial charge >= 0.3 is 6.09 Å². The number of likely N-dealkylation sites (tertiary alicyclic amines) is 1. The van der Waals surface area contributed by atoms with Gasteiger partial charge in [-0.15, -0.1) is 0 Å². The first-order valence-electron chi connectivity index (χ1n) is 6.32. The van der Waals surface area contributed by atoms with Gasteiger partial charge in [0.2, 0.25) is 5.91 Å². The number of piperidine rings is 1. The van der Waals surface area contributed by atoms with Crippen molar-refractivity contribution in [2.24, 2.45) is 0 Å². The predicted octanol–water partition coefficient (Wildman–Crippen LogP) is 1.23. The summed E-state index contributed by atoms with van der Waals surface area (Å²) >= 11 is 0. The van der Waals surface area contributed by atoms with Crippen LogP contribution in [0.1, 0.15) is 33.1 Å². The van der Waals surface area contributed by atoms with Crippen molar-refractivity contribution in [3.8, 4) is 0 Å². The largest absolute Gasteiger partial charge is 0.448 e. The maximum Gasteiger partial charge on any atom is 0.410 e. The zero-order valence-electron chi connectivity index (χ0n) is 10.5. The highest BCUT2D eigenvalue weighted by atomic mass is 16.6. The molecular formula is C12H20N2O3. The first-order valence-corrected chi connectivity index (χ1v) is 6.32. The number of carbonyl (C=O) groups excluding carboxylic acids is 2. The van der Waals surface area contributed by atoms with Gasteiger partial charge < -0.3 is 9.64 Å². The van der Waals surface area contributed by atoms with E-state index in [9.17, 15) is 9.59 Å². The summed E-state index contributed by atoms with van der Waals surface area (Å²) in [6.07, 6.45) is 2.93. The Morgan fingerprint density at radius 2 is 2.00 bits per heavy atom. The molecule has 96 valence electrons. The summed E-state index contributed by atoms with van der Waals surface area (Å²) < 4.78 is 4.82. The lowest BCUT2D eigenvalue weighted by Gasteiger charge is -2.39. The number of ether oxygens (including phenoxy) is 1. The maximum atomic E-state index is 12.2. The molecule has 0 spiro atoms. The van der Waals surface area contributed by atoms with Crippen molar-refractivity contribution in [2.45, 2.75) is 45.2 Å². The number of hydrogen-bond acceptors (Lipinski definition) is 3. The van der Waals surface area contributed by atoms with Crippen molar-refractivity contribution < 1.29 is 14.3 Å². The molecule has 0 bridgehead atoms. The molecular weight excluding hydrogens is 220 g/mol. The van der Waals surface area contributed by atoms with E-state index >= 15 is 0 Å². The average molecular weight is 240 g/mol. The van der Waals surface area contributed by atoms with Crippen LogP contribution in [0.3, 0.4) is 0 Å². The molecule has 2 unspecified atom stereocenters. The molecule has 0 saturated carbocycles. The topological polar surface area (TPSA) is 49.9 Å². The number of hydrogen-bond donors (Lipinski definition) is 0.